The third-order valence-corrected chi connectivity index (χ3v) is 6.95. The van der Waals surface area contributed by atoms with Crippen LogP contribution in [0.4, 0.5) is 4.79 Å². The van der Waals surface area contributed by atoms with Crippen LogP contribution in [-0.4, -0.2) is 46.6 Å². The van der Waals surface area contributed by atoms with Gasteiger partial charge >= 0.3 is 12.1 Å². The second-order valence-electron chi connectivity index (χ2n) is 9.95. The Balaban J connectivity index is 1.45. The maximum Gasteiger partial charge on any atom is 0.410 e. The van der Waals surface area contributed by atoms with Crippen molar-refractivity contribution in [2.75, 3.05) is 0 Å². The molecule has 4 atom stereocenters. The van der Waals surface area contributed by atoms with Crippen molar-refractivity contribution in [3.63, 3.8) is 0 Å². The zero-order valence-corrected chi connectivity index (χ0v) is 23.0. The number of carbonyl (C=O) groups is 2. The van der Waals surface area contributed by atoms with Crippen LogP contribution >= 0.6 is 0 Å². The number of rotatable bonds is 11. The second kappa shape index (κ2) is 14.4. The Labute approximate surface area is 245 Å². The molecule has 0 bridgehead atoms. The minimum atomic E-state index is -1.68. The Bertz CT molecular complexity index is 1400. The lowest BCUT2D eigenvalue weighted by molar-refractivity contribution is -0.244. The molecular weight excluding hydrogens is 534 g/mol. The number of hydrogen-bond acceptors (Lipinski definition) is 7. The summed E-state index contributed by atoms with van der Waals surface area (Å²) < 4.78 is 23.5. The van der Waals surface area contributed by atoms with Crippen LogP contribution in [0.2, 0.25) is 0 Å². The van der Waals surface area contributed by atoms with Gasteiger partial charge in [0.2, 0.25) is 6.29 Å². The lowest BCUT2D eigenvalue weighted by Crippen LogP contribution is -2.64. The summed E-state index contributed by atoms with van der Waals surface area (Å²) in [6.07, 6.45) is -4.66. The molecule has 4 aromatic carbocycles. The van der Waals surface area contributed by atoms with Crippen LogP contribution in [0.5, 0.6) is 0 Å². The second-order valence-corrected chi connectivity index (χ2v) is 9.95. The van der Waals surface area contributed by atoms with Crippen LogP contribution in [0.15, 0.2) is 121 Å². The molecule has 1 aliphatic rings. The summed E-state index contributed by atoms with van der Waals surface area (Å²) in [6.45, 7) is 0.318. The van der Waals surface area contributed by atoms with Gasteiger partial charge in [-0.1, -0.05) is 121 Å². The van der Waals surface area contributed by atoms with E-state index >= 15 is 0 Å². The summed E-state index contributed by atoms with van der Waals surface area (Å²) in [5.41, 5.74) is 3.30. The molecule has 1 saturated heterocycles. The van der Waals surface area contributed by atoms with Gasteiger partial charge in [0, 0.05) is 6.54 Å². The smallest absolute Gasteiger partial charge is 0.410 e. The zero-order valence-electron chi connectivity index (χ0n) is 23.0. The molecule has 1 heterocycles. The highest BCUT2D eigenvalue weighted by Gasteiger charge is 2.51. The van der Waals surface area contributed by atoms with Gasteiger partial charge in [-0.2, -0.15) is 0 Å². The maximum atomic E-state index is 13.7. The summed E-state index contributed by atoms with van der Waals surface area (Å²) in [5.74, 6) is -0.773. The Morgan fingerprint density at radius 2 is 1.12 bits per heavy atom. The van der Waals surface area contributed by atoms with Gasteiger partial charge in [0.15, 0.2) is 6.10 Å². The van der Waals surface area contributed by atoms with Crippen LogP contribution in [-0.2, 0) is 50.1 Å². The molecule has 5 rings (SSSR count). The molecule has 8 nitrogen and oxygen atoms in total. The molecule has 1 amide bonds. The molecule has 0 saturated carbocycles. The molecule has 1 aliphatic heterocycles. The van der Waals surface area contributed by atoms with Crippen molar-refractivity contribution in [1.29, 1.82) is 0 Å². The van der Waals surface area contributed by atoms with E-state index < -0.39 is 36.6 Å². The van der Waals surface area contributed by atoms with Crippen LogP contribution in [0.3, 0.4) is 0 Å². The van der Waals surface area contributed by atoms with Crippen LogP contribution < -0.4 is 0 Å². The molecule has 0 aliphatic carbocycles. The molecule has 42 heavy (non-hydrogen) atoms. The first kappa shape index (κ1) is 29.0. The van der Waals surface area contributed by atoms with Crippen LogP contribution in [0, 0.1) is 0 Å². The number of ether oxygens (including phenoxy) is 4. The first-order chi connectivity index (χ1) is 20.6. The highest BCUT2D eigenvalue weighted by atomic mass is 16.7. The number of cyclic esters (lactones) is 1. The van der Waals surface area contributed by atoms with Gasteiger partial charge in [-0.25, -0.2) is 9.59 Å². The maximum absolute atomic E-state index is 13.7. The van der Waals surface area contributed by atoms with E-state index in [1.54, 1.807) is 0 Å². The summed E-state index contributed by atoms with van der Waals surface area (Å²) in [4.78, 5) is 28.2. The van der Waals surface area contributed by atoms with E-state index in [-0.39, 0.29) is 26.4 Å². The Hall–Kier alpha value is -4.50. The highest BCUT2D eigenvalue weighted by molar-refractivity contribution is 5.77. The van der Waals surface area contributed by atoms with Crippen molar-refractivity contribution in [3.8, 4) is 0 Å². The highest BCUT2D eigenvalue weighted by Crippen LogP contribution is 2.29. The molecule has 0 spiro atoms. The molecule has 0 aromatic heterocycles. The fourth-order valence-electron chi connectivity index (χ4n) is 4.81. The first-order valence-corrected chi connectivity index (χ1v) is 13.8. The van der Waals surface area contributed by atoms with Crippen molar-refractivity contribution >= 4 is 12.1 Å². The number of carbonyl (C=O) groups excluding carboxylic acids is 2. The van der Waals surface area contributed by atoms with E-state index in [1.807, 2.05) is 121 Å². The van der Waals surface area contributed by atoms with Crippen LogP contribution in [0.1, 0.15) is 22.3 Å². The normalized spacial score (nSPS) is 20.0. The fourth-order valence-corrected chi connectivity index (χ4v) is 4.81. The van der Waals surface area contributed by atoms with E-state index in [4.69, 9.17) is 18.9 Å². The van der Waals surface area contributed by atoms with Gasteiger partial charge in [-0.3, -0.25) is 4.90 Å². The van der Waals surface area contributed by atoms with E-state index in [0.717, 1.165) is 22.3 Å². The van der Waals surface area contributed by atoms with E-state index in [1.165, 1.54) is 4.90 Å². The number of aliphatic hydroxyl groups is 1. The molecular formula is C34H33NO7. The molecule has 1 N–H and O–H groups in total. The molecule has 216 valence electrons. The third-order valence-electron chi connectivity index (χ3n) is 6.95. The predicted molar refractivity (Wildman–Crippen MR) is 155 cm³/mol. The van der Waals surface area contributed by atoms with Crippen molar-refractivity contribution in [1.82, 2.24) is 4.90 Å². The number of amides is 1. The molecule has 8 heteroatoms. The monoisotopic (exact) mass is 567 g/mol. The lowest BCUT2D eigenvalue weighted by atomic mass is 9.98. The molecule has 4 aromatic rings. The number of aliphatic hydroxyl groups excluding tert-OH is 1. The zero-order chi connectivity index (χ0) is 29.1. The fraction of sp³-hybridized carbons (Fsp3) is 0.235. The number of benzene rings is 4. The largest absolute Gasteiger partial charge is 0.445 e. The molecule has 0 unspecified atom stereocenters. The third kappa shape index (κ3) is 7.61. The van der Waals surface area contributed by atoms with Crippen LogP contribution in [0.25, 0.3) is 0 Å². The number of hydrogen-bond donors (Lipinski definition) is 1. The number of nitrogens with zero attached hydrogens (tertiary/aromatic N) is 1. The molecule has 1 fully saturated rings. The SMILES string of the molecule is O=C1O[C@H](O)[C@H](N(Cc2ccccc2)C(=O)OCc2ccccc2)[C@@H](OCc2ccccc2)[C@@H]1OCc1ccccc1. The minimum absolute atomic E-state index is 0.0248. The van der Waals surface area contributed by atoms with E-state index in [0.29, 0.717) is 0 Å². The summed E-state index contributed by atoms with van der Waals surface area (Å²) in [6, 6.07) is 36.3. The quantitative estimate of drug-likeness (QED) is 0.248. The van der Waals surface area contributed by atoms with Gasteiger partial charge in [0.1, 0.15) is 18.8 Å². The Morgan fingerprint density at radius 1 is 0.667 bits per heavy atom. The van der Waals surface area contributed by atoms with Gasteiger partial charge in [-0.15, -0.1) is 0 Å². The summed E-state index contributed by atoms with van der Waals surface area (Å²) in [5, 5.41) is 11.2. The number of esters is 1. The average Bonchev–Trinajstić information content (AvgIpc) is 3.03. The van der Waals surface area contributed by atoms with Crippen molar-refractivity contribution in [2.24, 2.45) is 0 Å². The van der Waals surface area contributed by atoms with Crippen molar-refractivity contribution in [3.05, 3.63) is 144 Å². The van der Waals surface area contributed by atoms with Gasteiger partial charge < -0.3 is 24.1 Å². The average molecular weight is 568 g/mol. The van der Waals surface area contributed by atoms with Gasteiger partial charge in [0.05, 0.1) is 13.2 Å². The van der Waals surface area contributed by atoms with E-state index in [9.17, 15) is 14.7 Å². The van der Waals surface area contributed by atoms with Crippen molar-refractivity contribution < 1.29 is 33.6 Å². The van der Waals surface area contributed by atoms with E-state index in [2.05, 4.69) is 0 Å². The topological polar surface area (TPSA) is 94.5 Å². The summed E-state index contributed by atoms with van der Waals surface area (Å²) >= 11 is 0. The Morgan fingerprint density at radius 3 is 1.64 bits per heavy atom. The van der Waals surface area contributed by atoms with Crippen molar-refractivity contribution in [2.45, 2.75) is 50.9 Å². The molecule has 0 radical (unpaired) electrons. The summed E-state index contributed by atoms with van der Waals surface area (Å²) in [7, 11) is 0. The standard InChI is InChI=1S/C34H33NO7/c36-32-29(35(21-25-13-5-1-6-14-25)34(38)41-24-28-19-11-4-12-20-28)30(39-22-26-15-7-2-8-16-26)31(33(37)42-32)40-23-27-17-9-3-10-18-27/h1-20,29-32,36H,21-24H2/t29-,30-,31+,32+/m1/s1. The first-order valence-electron chi connectivity index (χ1n) is 13.8. The minimum Gasteiger partial charge on any atom is -0.445 e. The predicted octanol–water partition coefficient (Wildman–Crippen LogP) is 5.24. The van der Waals surface area contributed by atoms with Gasteiger partial charge in [0.25, 0.3) is 0 Å². The Kier molecular flexibility index (Phi) is 9.95. The lowest BCUT2D eigenvalue weighted by Gasteiger charge is -2.43. The van der Waals surface area contributed by atoms with Gasteiger partial charge in [-0.05, 0) is 22.3 Å².